The van der Waals surface area contributed by atoms with Gasteiger partial charge in [0.2, 0.25) is 0 Å². The topological polar surface area (TPSA) is 55.6 Å². The number of amides is 1. The van der Waals surface area contributed by atoms with Crippen molar-refractivity contribution in [2.75, 3.05) is 23.6 Å². The fourth-order valence-electron chi connectivity index (χ4n) is 2.70. The molecule has 0 radical (unpaired) electrons. The van der Waals surface area contributed by atoms with Crippen LogP contribution in [-0.2, 0) is 0 Å². The smallest absolute Gasteiger partial charge is 0.259 e. The average Bonchev–Trinajstić information content (AvgIpc) is 3.14. The number of thiol groups is 1. The predicted octanol–water partition coefficient (Wildman–Crippen LogP) is 5.76. The molecule has 8 heteroatoms. The predicted molar refractivity (Wildman–Crippen MR) is 120 cm³/mol. The molecule has 1 heterocycles. The molecule has 2 N–H and O–H groups in total. The zero-order chi connectivity index (χ0) is 21.0. The molecule has 1 amide bonds. The number of benzene rings is 3. The van der Waals surface area contributed by atoms with Crippen LogP contribution in [0.4, 0.5) is 15.8 Å². The number of nitrogen functional groups attached to an aromatic ring is 1. The second-order valence-corrected chi connectivity index (χ2v) is 7.88. The largest absolute Gasteiger partial charge is 0.492 e. The van der Waals surface area contributed by atoms with Crippen molar-refractivity contribution in [3.63, 3.8) is 0 Å². The third-order valence-electron chi connectivity index (χ3n) is 4.14. The zero-order valence-electron chi connectivity index (χ0n) is 15.4. The third kappa shape index (κ3) is 4.80. The number of nitrogens with two attached hydrogens (primary N) is 1. The first-order valence-corrected chi connectivity index (χ1v) is 10.3. The molecule has 3 aromatic rings. The van der Waals surface area contributed by atoms with Gasteiger partial charge in [-0.15, -0.1) is 24.4 Å². The van der Waals surface area contributed by atoms with Gasteiger partial charge in [0, 0.05) is 21.0 Å². The first-order chi connectivity index (χ1) is 13.9. The Morgan fingerprint density at radius 2 is 1.90 bits per heavy atom. The summed E-state index contributed by atoms with van der Waals surface area (Å²) in [4.78, 5) is 16.0. The number of carbonyl (C=O) groups excluding carboxylic acids is 1. The standard InChI is InChI=1S/C15H11ClFNO2S.C6H7NS/c1-20-14-10(16)6-9(7-11(14)17)15(19)18-8-21-13-5-3-2-4-12(13)18;7-5-3-1-2-4-6(5)8/h2-7H,8H2,1H3;1-4,8H,7H2. The van der Waals surface area contributed by atoms with E-state index in [4.69, 9.17) is 22.1 Å². The van der Waals surface area contributed by atoms with Gasteiger partial charge < -0.3 is 10.5 Å². The number of para-hydroxylation sites is 2. The molecule has 4 nitrogen and oxygen atoms in total. The number of hydrogen-bond donors (Lipinski definition) is 2. The molecule has 0 aliphatic carbocycles. The van der Waals surface area contributed by atoms with Gasteiger partial charge in [0.1, 0.15) is 0 Å². The van der Waals surface area contributed by atoms with Crippen LogP contribution in [0.15, 0.2) is 70.5 Å². The van der Waals surface area contributed by atoms with Crippen LogP contribution in [0.25, 0.3) is 0 Å². The van der Waals surface area contributed by atoms with Crippen molar-refractivity contribution in [2.24, 2.45) is 0 Å². The molecule has 0 atom stereocenters. The van der Waals surface area contributed by atoms with E-state index in [0.717, 1.165) is 27.2 Å². The highest BCUT2D eigenvalue weighted by molar-refractivity contribution is 8.00. The number of methoxy groups -OCH3 is 1. The van der Waals surface area contributed by atoms with Crippen LogP contribution in [0.5, 0.6) is 5.75 Å². The lowest BCUT2D eigenvalue weighted by molar-refractivity contribution is 0.0991. The van der Waals surface area contributed by atoms with Crippen molar-refractivity contribution in [2.45, 2.75) is 9.79 Å². The van der Waals surface area contributed by atoms with Gasteiger partial charge in [0.05, 0.1) is 23.7 Å². The fourth-order valence-corrected chi connectivity index (χ4v) is 4.17. The minimum absolute atomic E-state index is 0.0515. The summed E-state index contributed by atoms with van der Waals surface area (Å²) in [5.41, 5.74) is 7.21. The monoisotopic (exact) mass is 448 g/mol. The molecular weight excluding hydrogens is 431 g/mol. The molecule has 29 heavy (non-hydrogen) atoms. The Hall–Kier alpha value is -2.35. The molecule has 0 spiro atoms. The summed E-state index contributed by atoms with van der Waals surface area (Å²) in [7, 11) is 1.33. The Morgan fingerprint density at radius 3 is 2.52 bits per heavy atom. The van der Waals surface area contributed by atoms with E-state index in [0.29, 0.717) is 5.88 Å². The van der Waals surface area contributed by atoms with Crippen molar-refractivity contribution < 1.29 is 13.9 Å². The quantitative estimate of drug-likeness (QED) is 0.387. The third-order valence-corrected chi connectivity index (χ3v) is 5.87. The Bertz CT molecular complexity index is 1000. The molecule has 150 valence electrons. The Morgan fingerprint density at radius 1 is 1.21 bits per heavy atom. The Balaban J connectivity index is 0.000000252. The molecule has 1 aliphatic rings. The van der Waals surface area contributed by atoms with Crippen LogP contribution < -0.4 is 15.4 Å². The lowest BCUT2D eigenvalue weighted by Gasteiger charge is -2.17. The van der Waals surface area contributed by atoms with E-state index >= 15 is 0 Å². The van der Waals surface area contributed by atoms with E-state index in [9.17, 15) is 9.18 Å². The summed E-state index contributed by atoms with van der Waals surface area (Å²) in [6.07, 6.45) is 0. The van der Waals surface area contributed by atoms with E-state index in [1.54, 1.807) is 16.7 Å². The number of ether oxygens (including phenoxy) is 1. The Labute approximate surface area is 183 Å². The van der Waals surface area contributed by atoms with Gasteiger partial charge in [-0.25, -0.2) is 4.39 Å². The second-order valence-electron chi connectivity index (χ2n) is 6.01. The van der Waals surface area contributed by atoms with Crippen molar-refractivity contribution in [3.8, 4) is 5.75 Å². The highest BCUT2D eigenvalue weighted by Crippen LogP contribution is 2.39. The molecule has 0 unspecified atom stereocenters. The summed E-state index contributed by atoms with van der Waals surface area (Å²) in [6, 6.07) is 17.7. The second kappa shape index (κ2) is 9.43. The number of fused-ring (bicyclic) bond motifs is 1. The Kier molecular flexibility index (Phi) is 6.95. The summed E-state index contributed by atoms with van der Waals surface area (Å²) >= 11 is 11.6. The van der Waals surface area contributed by atoms with Crippen molar-refractivity contribution in [1.82, 2.24) is 0 Å². The van der Waals surface area contributed by atoms with Gasteiger partial charge in [-0.05, 0) is 36.4 Å². The van der Waals surface area contributed by atoms with E-state index in [1.165, 1.54) is 13.2 Å². The number of hydrogen-bond acceptors (Lipinski definition) is 5. The number of halogens is 2. The van der Waals surface area contributed by atoms with Crippen LogP contribution in [0.2, 0.25) is 5.02 Å². The molecule has 0 aromatic heterocycles. The van der Waals surface area contributed by atoms with Gasteiger partial charge in [-0.3, -0.25) is 9.69 Å². The summed E-state index contributed by atoms with van der Waals surface area (Å²) in [6.45, 7) is 0. The highest BCUT2D eigenvalue weighted by Gasteiger charge is 2.27. The number of anilines is 2. The maximum Gasteiger partial charge on any atom is 0.259 e. The number of nitrogens with zero attached hydrogens (tertiary/aromatic N) is 1. The zero-order valence-corrected chi connectivity index (χ0v) is 17.9. The first-order valence-electron chi connectivity index (χ1n) is 8.52. The fraction of sp³-hybridized carbons (Fsp3) is 0.0952. The van der Waals surface area contributed by atoms with Crippen LogP contribution in [0.1, 0.15) is 10.4 Å². The van der Waals surface area contributed by atoms with Crippen molar-refractivity contribution in [3.05, 3.63) is 77.1 Å². The van der Waals surface area contributed by atoms with Crippen molar-refractivity contribution >= 4 is 53.3 Å². The van der Waals surface area contributed by atoms with E-state index in [-0.39, 0.29) is 22.2 Å². The number of thioether (sulfide) groups is 1. The molecule has 0 bridgehead atoms. The van der Waals surface area contributed by atoms with Crippen LogP contribution >= 0.6 is 36.0 Å². The van der Waals surface area contributed by atoms with Crippen LogP contribution in [0.3, 0.4) is 0 Å². The molecule has 4 rings (SSSR count). The van der Waals surface area contributed by atoms with Crippen LogP contribution in [-0.4, -0.2) is 18.9 Å². The lowest BCUT2D eigenvalue weighted by Crippen LogP contribution is -2.28. The molecular formula is C21H18ClFN2O2S2. The minimum Gasteiger partial charge on any atom is -0.492 e. The summed E-state index contributed by atoms with van der Waals surface area (Å²) in [5, 5.41) is 0.0842. The first kappa shape index (κ1) is 21.4. The lowest BCUT2D eigenvalue weighted by atomic mass is 10.1. The van der Waals surface area contributed by atoms with E-state index in [1.807, 2.05) is 48.5 Å². The number of rotatable bonds is 2. The summed E-state index contributed by atoms with van der Waals surface area (Å²) in [5.74, 6) is -0.475. The van der Waals surface area contributed by atoms with Gasteiger partial charge in [-0.2, -0.15) is 0 Å². The molecule has 0 saturated carbocycles. The van der Waals surface area contributed by atoms with Gasteiger partial charge >= 0.3 is 0 Å². The van der Waals surface area contributed by atoms with Gasteiger partial charge in [0.25, 0.3) is 5.91 Å². The average molecular weight is 449 g/mol. The van der Waals surface area contributed by atoms with Gasteiger partial charge in [0.15, 0.2) is 11.6 Å². The summed E-state index contributed by atoms with van der Waals surface area (Å²) < 4.78 is 18.7. The van der Waals surface area contributed by atoms with Gasteiger partial charge in [-0.1, -0.05) is 35.9 Å². The molecule has 1 aliphatic heterocycles. The molecule has 0 saturated heterocycles. The maximum atomic E-state index is 13.9. The minimum atomic E-state index is -0.645. The van der Waals surface area contributed by atoms with E-state index < -0.39 is 5.82 Å². The maximum absolute atomic E-state index is 13.9. The SMILES string of the molecule is COc1c(F)cc(C(=O)N2CSc3ccccc32)cc1Cl.Nc1ccccc1S. The number of carbonyl (C=O) groups is 1. The normalized spacial score (nSPS) is 12.1. The van der Waals surface area contributed by atoms with Crippen molar-refractivity contribution in [1.29, 1.82) is 0 Å². The van der Waals surface area contributed by atoms with Crippen LogP contribution in [0, 0.1) is 5.82 Å². The van der Waals surface area contributed by atoms with E-state index in [2.05, 4.69) is 12.6 Å². The molecule has 0 fully saturated rings. The molecule has 3 aromatic carbocycles. The highest BCUT2D eigenvalue weighted by atomic mass is 35.5.